The zero-order valence-corrected chi connectivity index (χ0v) is 8.40. The zero-order valence-electron chi connectivity index (χ0n) is 8.40. The number of carbonyl (C=O) groups excluding carboxylic acids is 1. The molecule has 1 amide bonds. The van der Waals surface area contributed by atoms with Gasteiger partial charge in [0.1, 0.15) is 0 Å². The van der Waals surface area contributed by atoms with Crippen LogP contribution in [0.25, 0.3) is 0 Å². The fourth-order valence-electron chi connectivity index (χ4n) is 1.12. The molecule has 1 aromatic heterocycles. The van der Waals surface area contributed by atoms with Gasteiger partial charge >= 0.3 is 0 Å². The molecule has 6 heteroatoms. The topological polar surface area (TPSA) is 85.8 Å². The molecule has 3 N–H and O–H groups in total. The van der Waals surface area contributed by atoms with Gasteiger partial charge in [-0.3, -0.25) is 9.48 Å². The van der Waals surface area contributed by atoms with E-state index in [1.165, 1.54) is 0 Å². The number of nitrogens with one attached hydrogen (secondary N) is 1. The minimum Gasteiger partial charge on any atom is -0.370 e. The minimum absolute atomic E-state index is 0.0717. The lowest BCUT2D eigenvalue weighted by molar-refractivity contribution is -0.118. The van der Waals surface area contributed by atoms with E-state index in [4.69, 9.17) is 5.73 Å². The number of hydrogen-bond donors (Lipinski definition) is 2. The van der Waals surface area contributed by atoms with E-state index in [9.17, 15) is 4.79 Å². The van der Waals surface area contributed by atoms with Crippen LogP contribution in [0.1, 0.15) is 19.0 Å². The molecule has 0 aliphatic heterocycles. The van der Waals surface area contributed by atoms with E-state index in [2.05, 4.69) is 15.6 Å². The predicted octanol–water partition coefficient (Wildman–Crippen LogP) is -0.831. The van der Waals surface area contributed by atoms with Gasteiger partial charge in [-0.2, -0.15) is 0 Å². The van der Waals surface area contributed by atoms with Gasteiger partial charge in [-0.25, -0.2) is 0 Å². The average Bonchev–Trinajstić information content (AvgIpc) is 2.46. The number of amides is 1. The highest BCUT2D eigenvalue weighted by Gasteiger charge is 2.06. The molecule has 0 saturated carbocycles. The van der Waals surface area contributed by atoms with Crippen LogP contribution in [0.15, 0.2) is 6.20 Å². The molecule has 0 fully saturated rings. The quantitative estimate of drug-likeness (QED) is 0.645. The number of nitrogens with two attached hydrogens (primary N) is 1. The summed E-state index contributed by atoms with van der Waals surface area (Å²) in [5.74, 6) is -0.298. The maximum atomic E-state index is 10.6. The Morgan fingerprint density at radius 1 is 1.79 bits per heavy atom. The van der Waals surface area contributed by atoms with Crippen molar-refractivity contribution in [2.75, 3.05) is 0 Å². The molecule has 1 atom stereocenters. The average molecular weight is 197 g/mol. The van der Waals surface area contributed by atoms with Crippen molar-refractivity contribution in [3.05, 3.63) is 11.9 Å². The van der Waals surface area contributed by atoms with Crippen molar-refractivity contribution < 1.29 is 4.79 Å². The maximum absolute atomic E-state index is 10.6. The smallest absolute Gasteiger partial charge is 0.218 e. The molecule has 1 aromatic rings. The summed E-state index contributed by atoms with van der Waals surface area (Å²) in [7, 11) is 1.82. The monoisotopic (exact) mass is 197 g/mol. The van der Waals surface area contributed by atoms with Gasteiger partial charge in [0.25, 0.3) is 0 Å². The Kier molecular flexibility index (Phi) is 3.58. The van der Waals surface area contributed by atoms with Crippen LogP contribution in [-0.2, 0) is 18.4 Å². The van der Waals surface area contributed by atoms with Crippen LogP contribution in [0.2, 0.25) is 0 Å². The lowest BCUT2D eigenvalue weighted by atomic mass is 10.2. The second-order valence-electron chi connectivity index (χ2n) is 3.30. The summed E-state index contributed by atoms with van der Waals surface area (Å²) in [6, 6.07) is 0.0717. The Labute approximate surface area is 82.5 Å². The molecular formula is C8H15N5O. The summed E-state index contributed by atoms with van der Waals surface area (Å²) in [5, 5.41) is 10.7. The van der Waals surface area contributed by atoms with Crippen molar-refractivity contribution in [3.63, 3.8) is 0 Å². The first-order valence-electron chi connectivity index (χ1n) is 4.45. The first-order valence-corrected chi connectivity index (χ1v) is 4.45. The first kappa shape index (κ1) is 10.6. The third-order valence-electron chi connectivity index (χ3n) is 1.95. The van der Waals surface area contributed by atoms with Crippen molar-refractivity contribution in [2.45, 2.75) is 25.9 Å². The Balaban J connectivity index is 2.34. The summed E-state index contributed by atoms with van der Waals surface area (Å²) in [6.07, 6.45) is 2.02. The molecule has 0 saturated heterocycles. The van der Waals surface area contributed by atoms with Gasteiger partial charge in [0, 0.05) is 26.1 Å². The Hall–Kier alpha value is -1.43. The summed E-state index contributed by atoms with van der Waals surface area (Å²) in [6.45, 7) is 2.55. The van der Waals surface area contributed by atoms with Crippen LogP contribution in [-0.4, -0.2) is 26.9 Å². The molecule has 0 aliphatic rings. The van der Waals surface area contributed by atoms with Gasteiger partial charge in [0.2, 0.25) is 5.91 Å². The summed E-state index contributed by atoms with van der Waals surface area (Å²) in [4.78, 5) is 10.6. The van der Waals surface area contributed by atoms with Gasteiger partial charge < -0.3 is 11.1 Å². The molecule has 1 unspecified atom stereocenters. The Morgan fingerprint density at radius 2 is 2.50 bits per heavy atom. The number of primary amides is 1. The predicted molar refractivity (Wildman–Crippen MR) is 51.1 cm³/mol. The van der Waals surface area contributed by atoms with Gasteiger partial charge in [-0.1, -0.05) is 5.21 Å². The lowest BCUT2D eigenvalue weighted by Crippen LogP contribution is -2.31. The largest absolute Gasteiger partial charge is 0.370 e. The highest BCUT2D eigenvalue weighted by molar-refractivity contribution is 5.74. The van der Waals surface area contributed by atoms with E-state index in [1.807, 2.05) is 14.0 Å². The molecule has 14 heavy (non-hydrogen) atoms. The highest BCUT2D eigenvalue weighted by atomic mass is 16.1. The SMILES string of the molecule is CC(CC(N)=O)NCc1cnnn1C. The molecule has 0 radical (unpaired) electrons. The van der Waals surface area contributed by atoms with Crippen LogP contribution in [0.5, 0.6) is 0 Å². The van der Waals surface area contributed by atoms with Crippen LogP contribution in [0, 0.1) is 0 Å². The van der Waals surface area contributed by atoms with E-state index in [0.29, 0.717) is 13.0 Å². The third kappa shape index (κ3) is 3.14. The first-order chi connectivity index (χ1) is 6.59. The number of rotatable bonds is 5. The zero-order chi connectivity index (χ0) is 10.6. The van der Waals surface area contributed by atoms with E-state index in [0.717, 1.165) is 5.69 Å². The normalized spacial score (nSPS) is 12.7. The molecule has 78 valence electrons. The van der Waals surface area contributed by atoms with Crippen molar-refractivity contribution in [1.82, 2.24) is 20.3 Å². The molecule has 1 rings (SSSR count). The second kappa shape index (κ2) is 4.71. The van der Waals surface area contributed by atoms with E-state index in [-0.39, 0.29) is 11.9 Å². The van der Waals surface area contributed by atoms with Crippen LogP contribution in [0.3, 0.4) is 0 Å². The molecule has 1 heterocycles. The van der Waals surface area contributed by atoms with Gasteiger partial charge in [0.15, 0.2) is 0 Å². The molecule has 0 bridgehead atoms. The fourth-order valence-corrected chi connectivity index (χ4v) is 1.12. The molecule has 0 aliphatic carbocycles. The molecule has 6 nitrogen and oxygen atoms in total. The Bertz CT molecular complexity index is 308. The number of aromatic nitrogens is 3. The highest BCUT2D eigenvalue weighted by Crippen LogP contribution is 1.95. The van der Waals surface area contributed by atoms with Crippen molar-refractivity contribution >= 4 is 5.91 Å². The third-order valence-corrected chi connectivity index (χ3v) is 1.95. The van der Waals surface area contributed by atoms with Crippen LogP contribution < -0.4 is 11.1 Å². The van der Waals surface area contributed by atoms with Gasteiger partial charge in [-0.05, 0) is 6.92 Å². The van der Waals surface area contributed by atoms with Gasteiger partial charge in [-0.15, -0.1) is 5.10 Å². The summed E-state index contributed by atoms with van der Waals surface area (Å²) < 4.78 is 1.68. The molecule has 0 spiro atoms. The van der Waals surface area contributed by atoms with E-state index in [1.54, 1.807) is 10.9 Å². The summed E-state index contributed by atoms with van der Waals surface area (Å²) in [5.41, 5.74) is 6.04. The minimum atomic E-state index is -0.298. The number of hydrogen-bond acceptors (Lipinski definition) is 4. The number of nitrogens with zero attached hydrogens (tertiary/aromatic N) is 3. The molecule has 0 aromatic carbocycles. The maximum Gasteiger partial charge on any atom is 0.218 e. The van der Waals surface area contributed by atoms with Gasteiger partial charge in [0.05, 0.1) is 11.9 Å². The van der Waals surface area contributed by atoms with Crippen LogP contribution in [0.4, 0.5) is 0 Å². The lowest BCUT2D eigenvalue weighted by Gasteiger charge is -2.10. The number of aryl methyl sites for hydroxylation is 1. The van der Waals surface area contributed by atoms with E-state index < -0.39 is 0 Å². The molecular weight excluding hydrogens is 182 g/mol. The van der Waals surface area contributed by atoms with Crippen LogP contribution >= 0.6 is 0 Å². The number of carbonyl (C=O) groups is 1. The fraction of sp³-hybridized carbons (Fsp3) is 0.625. The van der Waals surface area contributed by atoms with E-state index >= 15 is 0 Å². The van der Waals surface area contributed by atoms with Crippen molar-refractivity contribution in [1.29, 1.82) is 0 Å². The standard InChI is InChI=1S/C8H15N5O/c1-6(3-8(9)14)10-4-7-5-11-12-13(7)2/h5-6,10H,3-4H2,1-2H3,(H2,9,14). The Morgan fingerprint density at radius 3 is 3.00 bits per heavy atom. The summed E-state index contributed by atoms with van der Waals surface area (Å²) >= 11 is 0. The van der Waals surface area contributed by atoms with Crippen molar-refractivity contribution in [3.8, 4) is 0 Å². The second-order valence-corrected chi connectivity index (χ2v) is 3.30. The van der Waals surface area contributed by atoms with Crippen molar-refractivity contribution in [2.24, 2.45) is 12.8 Å².